The van der Waals surface area contributed by atoms with E-state index in [9.17, 15) is 4.79 Å². The van der Waals surface area contributed by atoms with Crippen LogP contribution >= 0.6 is 0 Å². The van der Waals surface area contributed by atoms with E-state index in [-0.39, 0.29) is 5.69 Å². The van der Waals surface area contributed by atoms with Crippen LogP contribution in [0, 0.1) is 11.3 Å². The average molecular weight is 252 g/mol. The Morgan fingerprint density at radius 1 is 1.44 bits per heavy atom. The number of oxazole rings is 1. The molecule has 0 unspecified atom stereocenters. The second kappa shape index (κ2) is 4.63. The van der Waals surface area contributed by atoms with Gasteiger partial charge in [-0.3, -0.25) is 0 Å². The Balaban J connectivity index is 1.99. The number of carbonyl (C=O) groups is 1. The van der Waals surface area contributed by atoms with E-state index in [4.69, 9.17) is 9.52 Å². The fraction of sp³-hybridized carbons (Fsp3) is 0.692. The second-order valence-electron chi connectivity index (χ2n) is 5.95. The maximum Gasteiger partial charge on any atom is 0.357 e. The molecule has 1 aliphatic heterocycles. The van der Waals surface area contributed by atoms with Gasteiger partial charge in [0, 0.05) is 13.1 Å². The number of rotatable bonds is 2. The van der Waals surface area contributed by atoms with Crippen LogP contribution in [-0.4, -0.2) is 29.1 Å². The Morgan fingerprint density at radius 3 is 2.50 bits per heavy atom. The van der Waals surface area contributed by atoms with Crippen LogP contribution in [0.15, 0.2) is 10.7 Å². The van der Waals surface area contributed by atoms with Gasteiger partial charge in [-0.05, 0) is 24.2 Å². The highest BCUT2D eigenvalue weighted by molar-refractivity contribution is 5.85. The quantitative estimate of drug-likeness (QED) is 0.876. The minimum atomic E-state index is -1.05. The Labute approximate surface area is 107 Å². The van der Waals surface area contributed by atoms with E-state index >= 15 is 0 Å². The van der Waals surface area contributed by atoms with Crippen molar-refractivity contribution >= 4 is 12.0 Å². The van der Waals surface area contributed by atoms with Crippen LogP contribution < -0.4 is 4.90 Å². The number of piperidine rings is 1. The van der Waals surface area contributed by atoms with Crippen molar-refractivity contribution < 1.29 is 14.3 Å². The molecule has 1 aliphatic rings. The van der Waals surface area contributed by atoms with E-state index in [1.807, 2.05) is 4.90 Å². The molecule has 18 heavy (non-hydrogen) atoms. The van der Waals surface area contributed by atoms with Gasteiger partial charge < -0.3 is 14.4 Å². The lowest BCUT2D eigenvalue weighted by atomic mass is 9.75. The first kappa shape index (κ1) is 12.9. The van der Waals surface area contributed by atoms with Gasteiger partial charge in [-0.25, -0.2) is 4.79 Å². The SMILES string of the molecule is CC(C)(C)C1CCN(c2nc(C(=O)O)co2)CC1. The molecule has 0 aromatic carbocycles. The maximum absolute atomic E-state index is 10.7. The molecule has 5 heteroatoms. The molecule has 0 spiro atoms. The van der Waals surface area contributed by atoms with E-state index < -0.39 is 5.97 Å². The highest BCUT2D eigenvalue weighted by Gasteiger charge is 2.30. The number of carboxylic acid groups (broad SMARTS) is 1. The van der Waals surface area contributed by atoms with Crippen molar-refractivity contribution in [2.24, 2.45) is 11.3 Å². The van der Waals surface area contributed by atoms with Crippen molar-refractivity contribution in [1.29, 1.82) is 0 Å². The molecule has 5 nitrogen and oxygen atoms in total. The van der Waals surface area contributed by atoms with Crippen molar-refractivity contribution in [2.75, 3.05) is 18.0 Å². The zero-order valence-corrected chi connectivity index (χ0v) is 11.1. The summed E-state index contributed by atoms with van der Waals surface area (Å²) in [7, 11) is 0. The molecule has 2 heterocycles. The number of carboxylic acids is 1. The van der Waals surface area contributed by atoms with Gasteiger partial charge in [-0.1, -0.05) is 20.8 Å². The Kier molecular flexibility index (Phi) is 3.32. The van der Waals surface area contributed by atoms with Gasteiger partial charge in [0.15, 0.2) is 5.69 Å². The number of hydrogen-bond acceptors (Lipinski definition) is 4. The predicted octanol–water partition coefficient (Wildman–Crippen LogP) is 2.64. The minimum Gasteiger partial charge on any atom is -0.476 e. The first-order valence-corrected chi connectivity index (χ1v) is 6.31. The lowest BCUT2D eigenvalue weighted by Gasteiger charge is -2.38. The average Bonchev–Trinajstić information content (AvgIpc) is 2.77. The minimum absolute atomic E-state index is 0.0251. The zero-order valence-electron chi connectivity index (χ0n) is 11.1. The van der Waals surface area contributed by atoms with Gasteiger partial charge >= 0.3 is 5.97 Å². The lowest BCUT2D eigenvalue weighted by molar-refractivity contribution is 0.0690. The number of hydrogen-bond donors (Lipinski definition) is 1. The van der Waals surface area contributed by atoms with Crippen molar-refractivity contribution in [3.63, 3.8) is 0 Å². The Bertz CT molecular complexity index is 426. The van der Waals surface area contributed by atoms with E-state index in [1.54, 1.807) is 0 Å². The summed E-state index contributed by atoms with van der Waals surface area (Å²) >= 11 is 0. The number of aromatic nitrogens is 1. The molecule has 0 radical (unpaired) electrons. The summed E-state index contributed by atoms with van der Waals surface area (Å²) in [5.74, 6) is -0.350. The van der Waals surface area contributed by atoms with E-state index in [0.29, 0.717) is 17.3 Å². The number of aromatic carboxylic acids is 1. The van der Waals surface area contributed by atoms with Crippen LogP contribution in [0.3, 0.4) is 0 Å². The van der Waals surface area contributed by atoms with Gasteiger partial charge in [-0.2, -0.15) is 4.98 Å². The molecule has 0 bridgehead atoms. The van der Waals surface area contributed by atoms with E-state index in [2.05, 4.69) is 25.8 Å². The summed E-state index contributed by atoms with van der Waals surface area (Å²) in [5, 5.41) is 8.80. The Hall–Kier alpha value is -1.52. The highest BCUT2D eigenvalue weighted by atomic mass is 16.4. The number of anilines is 1. The molecule has 0 saturated carbocycles. The normalized spacial score (nSPS) is 18.1. The van der Waals surface area contributed by atoms with Crippen molar-refractivity contribution in [2.45, 2.75) is 33.6 Å². The van der Waals surface area contributed by atoms with E-state index in [1.165, 1.54) is 6.26 Å². The molecule has 100 valence electrons. The van der Waals surface area contributed by atoms with Crippen molar-refractivity contribution in [3.8, 4) is 0 Å². The van der Waals surface area contributed by atoms with Gasteiger partial charge in [-0.15, -0.1) is 0 Å². The highest BCUT2D eigenvalue weighted by Crippen LogP contribution is 2.35. The van der Waals surface area contributed by atoms with Crippen LogP contribution in [0.1, 0.15) is 44.1 Å². The van der Waals surface area contributed by atoms with Crippen molar-refractivity contribution in [1.82, 2.24) is 4.98 Å². The van der Waals surface area contributed by atoms with Crippen LogP contribution in [-0.2, 0) is 0 Å². The Morgan fingerprint density at radius 2 is 2.06 bits per heavy atom. The lowest BCUT2D eigenvalue weighted by Crippen LogP contribution is -2.38. The summed E-state index contributed by atoms with van der Waals surface area (Å²) in [6.45, 7) is 8.55. The van der Waals surface area contributed by atoms with Crippen LogP contribution in [0.2, 0.25) is 0 Å². The molecule has 1 saturated heterocycles. The van der Waals surface area contributed by atoms with Crippen LogP contribution in [0.4, 0.5) is 6.01 Å². The van der Waals surface area contributed by atoms with Gasteiger partial charge in [0.2, 0.25) is 0 Å². The monoisotopic (exact) mass is 252 g/mol. The fourth-order valence-corrected chi connectivity index (χ4v) is 2.44. The largest absolute Gasteiger partial charge is 0.476 e. The standard InChI is InChI=1S/C13H20N2O3/c1-13(2,3)9-4-6-15(7-5-9)12-14-10(8-18-12)11(16)17/h8-9H,4-7H2,1-3H3,(H,16,17). The molecule has 1 fully saturated rings. The zero-order chi connectivity index (χ0) is 13.3. The van der Waals surface area contributed by atoms with Crippen molar-refractivity contribution in [3.05, 3.63) is 12.0 Å². The summed E-state index contributed by atoms with van der Waals surface area (Å²) in [4.78, 5) is 16.7. The smallest absolute Gasteiger partial charge is 0.357 e. The summed E-state index contributed by atoms with van der Waals surface area (Å²) in [5.41, 5.74) is 0.303. The summed E-state index contributed by atoms with van der Waals surface area (Å²) < 4.78 is 5.22. The summed E-state index contributed by atoms with van der Waals surface area (Å²) in [6, 6.07) is 0.430. The third kappa shape index (κ3) is 2.66. The molecular weight excluding hydrogens is 232 g/mol. The van der Waals surface area contributed by atoms with Crippen LogP contribution in [0.5, 0.6) is 0 Å². The molecule has 0 atom stereocenters. The molecule has 0 amide bonds. The fourth-order valence-electron chi connectivity index (χ4n) is 2.44. The van der Waals surface area contributed by atoms with E-state index in [0.717, 1.165) is 25.9 Å². The predicted molar refractivity (Wildman–Crippen MR) is 67.9 cm³/mol. The maximum atomic E-state index is 10.7. The molecule has 1 N–H and O–H groups in total. The first-order valence-electron chi connectivity index (χ1n) is 6.31. The first-order chi connectivity index (χ1) is 8.38. The molecule has 1 aromatic rings. The van der Waals surface area contributed by atoms with Gasteiger partial charge in [0.05, 0.1) is 0 Å². The third-order valence-corrected chi connectivity index (χ3v) is 3.70. The van der Waals surface area contributed by atoms with Gasteiger partial charge in [0.1, 0.15) is 6.26 Å². The molecule has 1 aromatic heterocycles. The molecule has 2 rings (SSSR count). The molecular formula is C13H20N2O3. The topological polar surface area (TPSA) is 66.6 Å². The second-order valence-corrected chi connectivity index (χ2v) is 5.95. The third-order valence-electron chi connectivity index (χ3n) is 3.70. The van der Waals surface area contributed by atoms with Gasteiger partial charge in [0.25, 0.3) is 6.01 Å². The van der Waals surface area contributed by atoms with Crippen LogP contribution in [0.25, 0.3) is 0 Å². The number of nitrogens with zero attached hydrogens (tertiary/aromatic N) is 2. The molecule has 0 aliphatic carbocycles. The summed E-state index contributed by atoms with van der Waals surface area (Å²) in [6.07, 6.45) is 3.39.